The van der Waals surface area contributed by atoms with E-state index in [2.05, 4.69) is 6.07 Å². The summed E-state index contributed by atoms with van der Waals surface area (Å²) >= 11 is 0. The van der Waals surface area contributed by atoms with Crippen LogP contribution in [-0.2, 0) is 4.74 Å². The van der Waals surface area contributed by atoms with E-state index in [1.165, 1.54) is 19.2 Å². The van der Waals surface area contributed by atoms with E-state index in [0.717, 1.165) is 0 Å². The Bertz CT molecular complexity index is 671. The topological polar surface area (TPSA) is 70.3 Å². The lowest BCUT2D eigenvalue weighted by molar-refractivity contribution is 0.0601. The third-order valence-corrected chi connectivity index (χ3v) is 2.75. The number of carbonyl (C=O) groups is 1. The van der Waals surface area contributed by atoms with Gasteiger partial charge in [-0.1, -0.05) is 18.2 Å². The van der Waals surface area contributed by atoms with Gasteiger partial charge in [-0.2, -0.15) is 5.26 Å². The Hall–Kier alpha value is -2.80. The van der Waals surface area contributed by atoms with E-state index in [1.807, 2.05) is 0 Å². The standard InChI is InChI=1S/C15H11NO3/c1-19-15(18)14-8-11(17)6-7-13(14)12-5-3-2-4-10(12)9-16/h2-8,17H,1H3. The van der Waals surface area contributed by atoms with E-state index in [1.54, 1.807) is 30.3 Å². The van der Waals surface area contributed by atoms with Gasteiger partial charge in [-0.05, 0) is 29.8 Å². The summed E-state index contributed by atoms with van der Waals surface area (Å²) in [4.78, 5) is 11.7. The summed E-state index contributed by atoms with van der Waals surface area (Å²) in [6, 6.07) is 13.4. The molecule has 0 aromatic heterocycles. The van der Waals surface area contributed by atoms with Gasteiger partial charge in [0.25, 0.3) is 0 Å². The fourth-order valence-electron chi connectivity index (χ4n) is 1.86. The number of hydrogen-bond donors (Lipinski definition) is 1. The summed E-state index contributed by atoms with van der Waals surface area (Å²) in [5.74, 6) is -0.586. The van der Waals surface area contributed by atoms with E-state index in [-0.39, 0.29) is 11.3 Å². The molecule has 0 bridgehead atoms. The number of hydrogen-bond acceptors (Lipinski definition) is 4. The van der Waals surface area contributed by atoms with Crippen LogP contribution in [0.1, 0.15) is 15.9 Å². The maximum Gasteiger partial charge on any atom is 0.338 e. The first-order valence-electron chi connectivity index (χ1n) is 5.58. The van der Waals surface area contributed by atoms with Gasteiger partial charge in [0.05, 0.1) is 24.3 Å². The second-order valence-corrected chi connectivity index (χ2v) is 3.88. The van der Waals surface area contributed by atoms with Crippen LogP contribution in [0.2, 0.25) is 0 Å². The minimum absolute atomic E-state index is 0.0291. The third kappa shape index (κ3) is 2.40. The predicted octanol–water partition coefficient (Wildman–Crippen LogP) is 2.72. The Kier molecular flexibility index (Phi) is 3.48. The fourth-order valence-corrected chi connectivity index (χ4v) is 1.86. The number of nitrogens with zero attached hydrogens (tertiary/aromatic N) is 1. The van der Waals surface area contributed by atoms with Gasteiger partial charge in [0.2, 0.25) is 0 Å². The minimum Gasteiger partial charge on any atom is -0.508 e. The van der Waals surface area contributed by atoms with Gasteiger partial charge in [0, 0.05) is 5.56 Å². The van der Waals surface area contributed by atoms with Crippen molar-refractivity contribution < 1.29 is 14.6 Å². The molecule has 0 radical (unpaired) electrons. The number of benzene rings is 2. The zero-order valence-corrected chi connectivity index (χ0v) is 10.3. The molecule has 0 aliphatic heterocycles. The van der Waals surface area contributed by atoms with Crippen LogP contribution in [0.5, 0.6) is 5.75 Å². The number of carbonyl (C=O) groups excluding carboxylic acids is 1. The van der Waals surface area contributed by atoms with Crippen LogP contribution in [-0.4, -0.2) is 18.2 Å². The number of methoxy groups -OCH3 is 1. The van der Waals surface area contributed by atoms with Crippen LogP contribution in [0, 0.1) is 11.3 Å². The van der Waals surface area contributed by atoms with Crippen molar-refractivity contribution in [3.05, 3.63) is 53.6 Å². The maximum absolute atomic E-state index is 11.7. The highest BCUT2D eigenvalue weighted by Gasteiger charge is 2.16. The lowest BCUT2D eigenvalue weighted by Gasteiger charge is -2.10. The van der Waals surface area contributed by atoms with Crippen molar-refractivity contribution in [3.8, 4) is 22.9 Å². The Morgan fingerprint density at radius 2 is 1.95 bits per heavy atom. The molecular formula is C15H11NO3. The fraction of sp³-hybridized carbons (Fsp3) is 0.0667. The zero-order valence-electron chi connectivity index (χ0n) is 10.3. The monoisotopic (exact) mass is 253 g/mol. The SMILES string of the molecule is COC(=O)c1cc(O)ccc1-c1ccccc1C#N. The van der Waals surface area contributed by atoms with Gasteiger partial charge in [-0.15, -0.1) is 0 Å². The smallest absolute Gasteiger partial charge is 0.338 e. The van der Waals surface area contributed by atoms with Gasteiger partial charge >= 0.3 is 5.97 Å². The van der Waals surface area contributed by atoms with Crippen LogP contribution in [0.15, 0.2) is 42.5 Å². The van der Waals surface area contributed by atoms with Gasteiger partial charge in [-0.25, -0.2) is 4.79 Å². The predicted molar refractivity (Wildman–Crippen MR) is 69.6 cm³/mol. The molecule has 0 unspecified atom stereocenters. The van der Waals surface area contributed by atoms with Crippen LogP contribution in [0.3, 0.4) is 0 Å². The minimum atomic E-state index is -0.557. The quantitative estimate of drug-likeness (QED) is 0.835. The molecule has 0 aliphatic rings. The third-order valence-electron chi connectivity index (χ3n) is 2.75. The normalized spacial score (nSPS) is 9.68. The number of aromatic hydroxyl groups is 1. The number of esters is 1. The molecule has 0 atom stereocenters. The highest BCUT2D eigenvalue weighted by atomic mass is 16.5. The van der Waals surface area contributed by atoms with Gasteiger partial charge in [0.1, 0.15) is 5.75 Å². The van der Waals surface area contributed by atoms with Crippen molar-refractivity contribution in [1.82, 2.24) is 0 Å². The average molecular weight is 253 g/mol. The first-order valence-corrected chi connectivity index (χ1v) is 5.58. The summed E-state index contributed by atoms with van der Waals surface area (Å²) in [6.07, 6.45) is 0. The lowest BCUT2D eigenvalue weighted by Crippen LogP contribution is -2.04. The van der Waals surface area contributed by atoms with Crippen molar-refractivity contribution in [2.75, 3.05) is 7.11 Å². The molecule has 0 saturated heterocycles. The van der Waals surface area contributed by atoms with E-state index in [9.17, 15) is 9.90 Å². The molecule has 0 fully saturated rings. The Balaban J connectivity index is 2.69. The second-order valence-electron chi connectivity index (χ2n) is 3.88. The molecule has 0 spiro atoms. The zero-order chi connectivity index (χ0) is 13.8. The van der Waals surface area contributed by atoms with Crippen molar-refractivity contribution in [1.29, 1.82) is 5.26 Å². The molecule has 2 rings (SSSR count). The maximum atomic E-state index is 11.7. The summed E-state index contributed by atoms with van der Waals surface area (Å²) in [5.41, 5.74) is 1.87. The highest BCUT2D eigenvalue weighted by Crippen LogP contribution is 2.29. The number of phenols is 1. The van der Waals surface area contributed by atoms with Crippen LogP contribution >= 0.6 is 0 Å². The molecule has 4 nitrogen and oxygen atoms in total. The molecule has 94 valence electrons. The molecule has 4 heteroatoms. The number of ether oxygens (including phenoxy) is 1. The highest BCUT2D eigenvalue weighted by molar-refractivity contribution is 5.98. The second kappa shape index (κ2) is 5.23. The van der Waals surface area contributed by atoms with Gasteiger partial charge in [-0.3, -0.25) is 0 Å². The number of rotatable bonds is 2. The number of nitriles is 1. The Morgan fingerprint density at radius 1 is 1.21 bits per heavy atom. The van der Waals surface area contributed by atoms with E-state index >= 15 is 0 Å². The molecule has 0 saturated carbocycles. The summed E-state index contributed by atoms with van der Waals surface area (Å²) in [7, 11) is 1.27. The van der Waals surface area contributed by atoms with E-state index in [4.69, 9.17) is 10.00 Å². The average Bonchev–Trinajstić information content (AvgIpc) is 2.46. The largest absolute Gasteiger partial charge is 0.508 e. The molecule has 0 amide bonds. The summed E-state index contributed by atoms with van der Waals surface area (Å²) in [6.45, 7) is 0. The molecule has 2 aromatic carbocycles. The molecular weight excluding hydrogens is 242 g/mol. The van der Waals surface area contributed by atoms with E-state index < -0.39 is 5.97 Å². The van der Waals surface area contributed by atoms with E-state index in [0.29, 0.717) is 16.7 Å². The first-order chi connectivity index (χ1) is 9.17. The summed E-state index contributed by atoms with van der Waals surface area (Å²) < 4.78 is 4.69. The van der Waals surface area contributed by atoms with Crippen molar-refractivity contribution in [2.45, 2.75) is 0 Å². The molecule has 2 aromatic rings. The summed E-state index contributed by atoms with van der Waals surface area (Å²) in [5, 5.41) is 18.6. The molecule has 0 aliphatic carbocycles. The molecule has 0 heterocycles. The van der Waals surface area contributed by atoms with Crippen LogP contribution in [0.4, 0.5) is 0 Å². The molecule has 1 N–H and O–H groups in total. The molecule has 19 heavy (non-hydrogen) atoms. The van der Waals surface area contributed by atoms with Crippen molar-refractivity contribution >= 4 is 5.97 Å². The van der Waals surface area contributed by atoms with Crippen molar-refractivity contribution in [2.24, 2.45) is 0 Å². The number of phenolic OH excluding ortho intramolecular Hbond substituents is 1. The first kappa shape index (κ1) is 12.7. The van der Waals surface area contributed by atoms with Crippen molar-refractivity contribution in [3.63, 3.8) is 0 Å². The van der Waals surface area contributed by atoms with Crippen LogP contribution < -0.4 is 0 Å². The lowest BCUT2D eigenvalue weighted by atomic mass is 9.95. The Labute approximate surface area is 110 Å². The van der Waals surface area contributed by atoms with Gasteiger partial charge in [0.15, 0.2) is 0 Å². The van der Waals surface area contributed by atoms with Gasteiger partial charge < -0.3 is 9.84 Å². The Morgan fingerprint density at radius 3 is 2.63 bits per heavy atom. The van der Waals surface area contributed by atoms with Crippen LogP contribution in [0.25, 0.3) is 11.1 Å².